The zero-order valence-corrected chi connectivity index (χ0v) is 23.8. The first kappa shape index (κ1) is 30.4. The summed E-state index contributed by atoms with van der Waals surface area (Å²) in [6.45, 7) is 6.76. The van der Waals surface area contributed by atoms with Crippen LogP contribution < -0.4 is 14.4 Å². The Balaban J connectivity index is 2.22. The number of nitrogens with one attached hydrogen (secondary N) is 1. The number of rotatable bonds is 14. The molecule has 0 saturated heterocycles. The maximum absolute atomic E-state index is 13.5. The first-order chi connectivity index (χ1) is 17.5. The van der Waals surface area contributed by atoms with E-state index >= 15 is 0 Å². The van der Waals surface area contributed by atoms with E-state index in [1.165, 1.54) is 4.31 Å². The summed E-state index contributed by atoms with van der Waals surface area (Å²) < 4.78 is 31.4. The van der Waals surface area contributed by atoms with E-state index in [1.807, 2.05) is 45.0 Å². The van der Waals surface area contributed by atoms with Crippen LogP contribution in [0.3, 0.4) is 0 Å². The Labute approximate surface area is 226 Å². The molecule has 10 heteroatoms. The Morgan fingerprint density at radius 3 is 2.35 bits per heavy atom. The molecule has 1 unspecified atom stereocenters. The zero-order chi connectivity index (χ0) is 27.6. The average Bonchev–Trinajstić information content (AvgIpc) is 2.85. The van der Waals surface area contributed by atoms with Crippen LogP contribution in [0.15, 0.2) is 48.5 Å². The van der Waals surface area contributed by atoms with Gasteiger partial charge in [0.05, 0.1) is 19.1 Å². The maximum atomic E-state index is 13.5. The summed E-state index contributed by atoms with van der Waals surface area (Å²) in [6.07, 6.45) is 1.94. The van der Waals surface area contributed by atoms with Gasteiger partial charge in [-0.15, -0.1) is 0 Å². The fourth-order valence-electron chi connectivity index (χ4n) is 3.92. The summed E-state index contributed by atoms with van der Waals surface area (Å²) in [5.41, 5.74) is 1.31. The van der Waals surface area contributed by atoms with E-state index in [1.54, 1.807) is 36.3 Å². The van der Waals surface area contributed by atoms with Gasteiger partial charge in [0.15, 0.2) is 0 Å². The highest BCUT2D eigenvalue weighted by molar-refractivity contribution is 7.92. The SMILES string of the molecule is CCC(C(=O)NCC(C)C)N(Cc1cccc(OC)c1)C(=O)CCCN(c1ccc(Cl)cc1)S(C)(=O)=O. The van der Waals surface area contributed by atoms with E-state index < -0.39 is 16.1 Å². The van der Waals surface area contributed by atoms with Crippen molar-refractivity contribution in [1.29, 1.82) is 0 Å². The Bertz CT molecular complexity index is 1140. The van der Waals surface area contributed by atoms with Crippen LogP contribution in [-0.4, -0.2) is 57.6 Å². The number of anilines is 1. The van der Waals surface area contributed by atoms with E-state index in [-0.39, 0.29) is 43.7 Å². The molecule has 0 saturated carbocycles. The number of hydrogen-bond acceptors (Lipinski definition) is 5. The van der Waals surface area contributed by atoms with Crippen molar-refractivity contribution in [3.8, 4) is 5.75 Å². The molecule has 0 aromatic heterocycles. The van der Waals surface area contributed by atoms with Crippen molar-refractivity contribution in [3.63, 3.8) is 0 Å². The normalized spacial score (nSPS) is 12.2. The molecule has 0 spiro atoms. The first-order valence-corrected chi connectivity index (χ1v) is 14.6. The number of amides is 2. The number of carbonyl (C=O) groups excluding carboxylic acids is 2. The average molecular weight is 552 g/mol. The molecule has 2 aromatic carbocycles. The third kappa shape index (κ3) is 9.55. The van der Waals surface area contributed by atoms with E-state index in [2.05, 4.69) is 5.32 Å². The van der Waals surface area contributed by atoms with Crippen molar-refractivity contribution in [2.75, 3.05) is 30.8 Å². The van der Waals surface area contributed by atoms with Crippen LogP contribution in [0.25, 0.3) is 0 Å². The largest absolute Gasteiger partial charge is 0.497 e. The zero-order valence-electron chi connectivity index (χ0n) is 22.2. The molecule has 1 atom stereocenters. The summed E-state index contributed by atoms with van der Waals surface area (Å²) in [7, 11) is -1.99. The van der Waals surface area contributed by atoms with Gasteiger partial charge < -0.3 is 15.0 Å². The van der Waals surface area contributed by atoms with Gasteiger partial charge >= 0.3 is 0 Å². The Hall–Kier alpha value is -2.78. The van der Waals surface area contributed by atoms with Crippen molar-refractivity contribution in [3.05, 3.63) is 59.1 Å². The van der Waals surface area contributed by atoms with Gasteiger partial charge in [-0.3, -0.25) is 13.9 Å². The van der Waals surface area contributed by atoms with Gasteiger partial charge in [0.25, 0.3) is 0 Å². The number of methoxy groups -OCH3 is 1. The van der Waals surface area contributed by atoms with E-state index in [0.717, 1.165) is 11.8 Å². The molecule has 204 valence electrons. The molecule has 0 heterocycles. The number of sulfonamides is 1. The van der Waals surface area contributed by atoms with Crippen LogP contribution in [0.4, 0.5) is 5.69 Å². The number of benzene rings is 2. The summed E-state index contributed by atoms with van der Waals surface area (Å²) in [5.74, 6) is 0.512. The molecule has 8 nitrogen and oxygen atoms in total. The molecule has 0 bridgehead atoms. The number of halogens is 1. The minimum Gasteiger partial charge on any atom is -0.497 e. The summed E-state index contributed by atoms with van der Waals surface area (Å²) >= 11 is 5.95. The monoisotopic (exact) mass is 551 g/mol. The summed E-state index contributed by atoms with van der Waals surface area (Å²) in [5, 5.41) is 3.44. The minimum atomic E-state index is -3.57. The van der Waals surface area contributed by atoms with Crippen molar-refractivity contribution in [2.45, 2.75) is 52.6 Å². The van der Waals surface area contributed by atoms with E-state index in [0.29, 0.717) is 29.4 Å². The first-order valence-electron chi connectivity index (χ1n) is 12.4. The molecule has 37 heavy (non-hydrogen) atoms. The van der Waals surface area contributed by atoms with Gasteiger partial charge in [0.1, 0.15) is 11.8 Å². The highest BCUT2D eigenvalue weighted by Crippen LogP contribution is 2.22. The molecule has 2 rings (SSSR count). The minimum absolute atomic E-state index is 0.0809. The van der Waals surface area contributed by atoms with Gasteiger partial charge in [-0.05, 0) is 60.7 Å². The van der Waals surface area contributed by atoms with Crippen LogP contribution in [0.5, 0.6) is 5.75 Å². The third-order valence-corrected chi connectivity index (χ3v) is 7.27. The van der Waals surface area contributed by atoms with Crippen molar-refractivity contribution >= 4 is 39.1 Å². The summed E-state index contributed by atoms with van der Waals surface area (Å²) in [6, 6.07) is 13.2. The summed E-state index contributed by atoms with van der Waals surface area (Å²) in [4.78, 5) is 28.1. The van der Waals surface area contributed by atoms with Gasteiger partial charge in [-0.1, -0.05) is 44.5 Å². The second-order valence-corrected chi connectivity index (χ2v) is 11.7. The van der Waals surface area contributed by atoms with Gasteiger partial charge in [0, 0.05) is 31.1 Å². The van der Waals surface area contributed by atoms with Crippen LogP contribution in [0.1, 0.15) is 45.6 Å². The molecule has 0 aliphatic rings. The fraction of sp³-hybridized carbons (Fsp3) is 0.481. The maximum Gasteiger partial charge on any atom is 0.242 e. The van der Waals surface area contributed by atoms with Gasteiger partial charge in [-0.2, -0.15) is 0 Å². The smallest absolute Gasteiger partial charge is 0.242 e. The van der Waals surface area contributed by atoms with Crippen LogP contribution in [-0.2, 0) is 26.2 Å². The lowest BCUT2D eigenvalue weighted by molar-refractivity contribution is -0.141. The lowest BCUT2D eigenvalue weighted by atomic mass is 10.1. The standard InChI is InChI=1S/C27H38ClN3O5S/c1-6-25(27(33)29-18-20(2)3)30(19-21-9-7-10-24(17-21)36-4)26(32)11-8-16-31(37(5,34)35)23-14-12-22(28)13-15-23/h7,9-10,12-15,17,20,25H,6,8,11,16,18-19H2,1-5H3,(H,29,33). The molecule has 0 aliphatic carbocycles. The molecule has 0 aliphatic heterocycles. The number of nitrogens with zero attached hydrogens (tertiary/aromatic N) is 2. The Kier molecular flexibility index (Phi) is 11.7. The second kappa shape index (κ2) is 14.2. The molecule has 0 fully saturated rings. The van der Waals surface area contributed by atoms with Gasteiger partial charge in [-0.25, -0.2) is 8.42 Å². The molecule has 1 N–H and O–H groups in total. The highest BCUT2D eigenvalue weighted by Gasteiger charge is 2.29. The van der Waals surface area contributed by atoms with Gasteiger partial charge in [0.2, 0.25) is 21.8 Å². The lowest BCUT2D eigenvalue weighted by Gasteiger charge is -2.31. The highest BCUT2D eigenvalue weighted by atomic mass is 35.5. The molecular formula is C27H38ClN3O5S. The molecular weight excluding hydrogens is 514 g/mol. The number of hydrogen-bond donors (Lipinski definition) is 1. The topological polar surface area (TPSA) is 96.0 Å². The third-order valence-electron chi connectivity index (χ3n) is 5.82. The van der Waals surface area contributed by atoms with Crippen LogP contribution in [0, 0.1) is 5.92 Å². The lowest BCUT2D eigenvalue weighted by Crippen LogP contribution is -2.49. The second-order valence-electron chi connectivity index (χ2n) is 9.35. The van der Waals surface area contributed by atoms with Crippen molar-refractivity contribution in [1.82, 2.24) is 10.2 Å². The predicted octanol–water partition coefficient (Wildman–Crippen LogP) is 4.47. The molecule has 2 amide bonds. The van der Waals surface area contributed by atoms with E-state index in [4.69, 9.17) is 16.3 Å². The van der Waals surface area contributed by atoms with Crippen LogP contribution >= 0.6 is 11.6 Å². The Morgan fingerprint density at radius 2 is 1.78 bits per heavy atom. The number of carbonyl (C=O) groups is 2. The van der Waals surface area contributed by atoms with Crippen LogP contribution in [0.2, 0.25) is 5.02 Å². The molecule has 0 radical (unpaired) electrons. The number of ether oxygens (including phenoxy) is 1. The fourth-order valence-corrected chi connectivity index (χ4v) is 5.01. The quantitative estimate of drug-likeness (QED) is 0.373. The van der Waals surface area contributed by atoms with Crippen molar-refractivity contribution in [2.24, 2.45) is 5.92 Å². The van der Waals surface area contributed by atoms with E-state index in [9.17, 15) is 18.0 Å². The molecule has 2 aromatic rings. The Morgan fingerprint density at radius 1 is 1.11 bits per heavy atom. The van der Waals surface area contributed by atoms with Crippen molar-refractivity contribution < 1.29 is 22.7 Å². The predicted molar refractivity (Wildman–Crippen MR) is 148 cm³/mol.